The van der Waals surface area contributed by atoms with E-state index in [9.17, 15) is 9.18 Å². The fourth-order valence-electron chi connectivity index (χ4n) is 1.85. The maximum absolute atomic E-state index is 12.9. The molecule has 0 aliphatic carbocycles. The van der Waals surface area contributed by atoms with Gasteiger partial charge in [0.2, 0.25) is 0 Å². The Morgan fingerprint density at radius 2 is 1.94 bits per heavy atom. The van der Waals surface area contributed by atoms with Crippen molar-refractivity contribution >= 4 is 22.6 Å². The fraction of sp³-hybridized carbons (Fsp3) is 0. The van der Waals surface area contributed by atoms with Gasteiger partial charge >= 0.3 is 5.69 Å². The Bertz CT molecular complexity index is 776. The summed E-state index contributed by atoms with van der Waals surface area (Å²) in [6.45, 7) is 0. The van der Waals surface area contributed by atoms with E-state index in [1.165, 1.54) is 35.0 Å². The van der Waals surface area contributed by atoms with Crippen LogP contribution in [0.5, 0.6) is 0 Å². The quantitative estimate of drug-likeness (QED) is 0.686. The summed E-state index contributed by atoms with van der Waals surface area (Å²) in [6.07, 6.45) is 1.51. The number of nitrogens with zero attached hydrogens (tertiary/aromatic N) is 2. The largest absolute Gasteiger partial charge is 0.331 e. The van der Waals surface area contributed by atoms with E-state index >= 15 is 0 Å². The van der Waals surface area contributed by atoms with E-state index in [-0.39, 0.29) is 16.7 Å². The van der Waals surface area contributed by atoms with Gasteiger partial charge in [-0.3, -0.25) is 4.57 Å². The standard InChI is InChI=1S/C12H7ClFN3O/c13-11-10-9(5-6-15-11)17(12(18)16-10)8-3-1-7(14)2-4-8/h1-6H,(H,16,18). The predicted molar refractivity (Wildman–Crippen MR) is 66.7 cm³/mol. The van der Waals surface area contributed by atoms with E-state index in [1.54, 1.807) is 6.07 Å². The lowest BCUT2D eigenvalue weighted by Gasteiger charge is -2.02. The van der Waals surface area contributed by atoms with E-state index in [0.717, 1.165) is 0 Å². The minimum Gasteiger partial charge on any atom is -0.303 e. The zero-order valence-corrected chi connectivity index (χ0v) is 9.78. The molecule has 4 nitrogen and oxygen atoms in total. The normalized spacial score (nSPS) is 11.0. The molecular formula is C12H7ClFN3O. The van der Waals surface area contributed by atoms with Crippen LogP contribution < -0.4 is 5.69 Å². The lowest BCUT2D eigenvalue weighted by molar-refractivity contribution is 0.627. The second kappa shape index (κ2) is 3.96. The van der Waals surface area contributed by atoms with E-state index in [0.29, 0.717) is 16.7 Å². The first-order chi connectivity index (χ1) is 8.66. The third-order valence-corrected chi connectivity index (χ3v) is 2.93. The molecule has 3 rings (SSSR count). The number of fused-ring (bicyclic) bond motifs is 1. The van der Waals surface area contributed by atoms with Gasteiger partial charge in [0.05, 0.1) is 11.2 Å². The van der Waals surface area contributed by atoms with Crippen molar-refractivity contribution in [2.75, 3.05) is 0 Å². The molecule has 0 bridgehead atoms. The molecule has 3 aromatic rings. The molecule has 2 aromatic heterocycles. The van der Waals surface area contributed by atoms with Gasteiger partial charge in [-0.1, -0.05) is 11.6 Å². The highest BCUT2D eigenvalue weighted by molar-refractivity contribution is 6.33. The van der Waals surface area contributed by atoms with Crippen molar-refractivity contribution in [3.8, 4) is 5.69 Å². The molecule has 0 saturated heterocycles. The monoisotopic (exact) mass is 263 g/mol. The number of hydrogen-bond acceptors (Lipinski definition) is 2. The lowest BCUT2D eigenvalue weighted by Crippen LogP contribution is -2.14. The van der Waals surface area contributed by atoms with Crippen LogP contribution in [0.1, 0.15) is 0 Å². The molecule has 0 aliphatic heterocycles. The highest BCUT2D eigenvalue weighted by atomic mass is 35.5. The van der Waals surface area contributed by atoms with Gasteiger partial charge in [-0.25, -0.2) is 14.2 Å². The number of H-pyrrole nitrogens is 1. The summed E-state index contributed by atoms with van der Waals surface area (Å²) in [5.41, 5.74) is 1.29. The number of aromatic nitrogens is 3. The predicted octanol–water partition coefficient (Wildman–Crippen LogP) is 2.51. The number of imidazole rings is 1. The molecule has 0 saturated carbocycles. The van der Waals surface area contributed by atoms with Crippen LogP contribution in [0.25, 0.3) is 16.7 Å². The summed E-state index contributed by atoms with van der Waals surface area (Å²) in [5, 5.41) is 0.227. The zero-order valence-electron chi connectivity index (χ0n) is 9.02. The molecule has 0 fully saturated rings. The fourth-order valence-corrected chi connectivity index (χ4v) is 2.05. The number of halogens is 2. The molecule has 0 radical (unpaired) electrons. The minimum absolute atomic E-state index is 0.227. The van der Waals surface area contributed by atoms with Gasteiger partial charge in [-0.05, 0) is 30.3 Å². The lowest BCUT2D eigenvalue weighted by atomic mass is 10.3. The molecule has 1 N–H and O–H groups in total. The Hall–Kier alpha value is -2.14. The van der Waals surface area contributed by atoms with Crippen molar-refractivity contribution in [3.63, 3.8) is 0 Å². The number of pyridine rings is 1. The van der Waals surface area contributed by atoms with Crippen LogP contribution in [-0.4, -0.2) is 14.5 Å². The van der Waals surface area contributed by atoms with Gasteiger partial charge in [-0.15, -0.1) is 0 Å². The summed E-state index contributed by atoms with van der Waals surface area (Å²) >= 11 is 5.90. The average molecular weight is 264 g/mol. The Labute approximate surface area is 106 Å². The van der Waals surface area contributed by atoms with Crippen LogP contribution >= 0.6 is 11.6 Å². The van der Waals surface area contributed by atoms with Gasteiger partial charge in [-0.2, -0.15) is 0 Å². The summed E-state index contributed by atoms with van der Waals surface area (Å²) in [6, 6.07) is 7.31. The van der Waals surface area contributed by atoms with Gasteiger partial charge in [0.15, 0.2) is 5.15 Å². The van der Waals surface area contributed by atoms with E-state index in [2.05, 4.69) is 9.97 Å². The number of aromatic amines is 1. The molecular weight excluding hydrogens is 257 g/mol. The van der Waals surface area contributed by atoms with Gasteiger partial charge in [0, 0.05) is 6.20 Å². The molecule has 90 valence electrons. The molecule has 0 amide bonds. The van der Waals surface area contributed by atoms with Crippen molar-refractivity contribution in [2.45, 2.75) is 0 Å². The highest BCUT2D eigenvalue weighted by Crippen LogP contribution is 2.20. The van der Waals surface area contributed by atoms with E-state index in [4.69, 9.17) is 11.6 Å². The Morgan fingerprint density at radius 1 is 1.22 bits per heavy atom. The third-order valence-electron chi connectivity index (χ3n) is 2.64. The molecule has 0 unspecified atom stereocenters. The second-order valence-electron chi connectivity index (χ2n) is 3.74. The van der Waals surface area contributed by atoms with Crippen molar-refractivity contribution in [2.24, 2.45) is 0 Å². The summed E-state index contributed by atoms with van der Waals surface area (Å²) in [5.74, 6) is -0.355. The van der Waals surface area contributed by atoms with E-state index < -0.39 is 0 Å². The Morgan fingerprint density at radius 3 is 2.67 bits per heavy atom. The van der Waals surface area contributed by atoms with Crippen molar-refractivity contribution in [1.29, 1.82) is 0 Å². The van der Waals surface area contributed by atoms with Crippen molar-refractivity contribution in [1.82, 2.24) is 14.5 Å². The molecule has 2 heterocycles. The molecule has 0 aliphatic rings. The number of nitrogens with one attached hydrogen (secondary N) is 1. The molecule has 1 aromatic carbocycles. The smallest absolute Gasteiger partial charge is 0.303 e. The van der Waals surface area contributed by atoms with Gasteiger partial charge in [0.25, 0.3) is 0 Å². The highest BCUT2D eigenvalue weighted by Gasteiger charge is 2.11. The Balaban J connectivity index is 2.35. The van der Waals surface area contributed by atoms with Gasteiger partial charge < -0.3 is 4.98 Å². The van der Waals surface area contributed by atoms with Crippen LogP contribution in [0.3, 0.4) is 0 Å². The van der Waals surface area contributed by atoms with E-state index in [1.807, 2.05) is 0 Å². The summed E-state index contributed by atoms with van der Waals surface area (Å²) in [4.78, 5) is 18.4. The first kappa shape index (κ1) is 11.0. The van der Waals surface area contributed by atoms with Gasteiger partial charge in [0.1, 0.15) is 11.3 Å². The maximum atomic E-state index is 12.9. The average Bonchev–Trinajstić information content (AvgIpc) is 2.69. The number of benzene rings is 1. The maximum Gasteiger partial charge on any atom is 0.331 e. The topological polar surface area (TPSA) is 50.7 Å². The summed E-state index contributed by atoms with van der Waals surface area (Å²) in [7, 11) is 0. The first-order valence-corrected chi connectivity index (χ1v) is 5.56. The van der Waals surface area contributed by atoms with Crippen molar-refractivity contribution < 1.29 is 4.39 Å². The van der Waals surface area contributed by atoms with Crippen LogP contribution in [0.2, 0.25) is 5.15 Å². The van der Waals surface area contributed by atoms with Crippen molar-refractivity contribution in [3.05, 3.63) is 58.0 Å². The second-order valence-corrected chi connectivity index (χ2v) is 4.10. The van der Waals surface area contributed by atoms with Crippen LogP contribution in [-0.2, 0) is 0 Å². The first-order valence-electron chi connectivity index (χ1n) is 5.18. The zero-order chi connectivity index (χ0) is 12.7. The number of hydrogen-bond donors (Lipinski definition) is 1. The molecule has 18 heavy (non-hydrogen) atoms. The third kappa shape index (κ3) is 1.60. The molecule has 0 atom stereocenters. The molecule has 0 spiro atoms. The van der Waals surface area contributed by atoms with Crippen LogP contribution in [0, 0.1) is 5.82 Å². The van der Waals surface area contributed by atoms with Crippen LogP contribution in [0.4, 0.5) is 4.39 Å². The summed E-state index contributed by atoms with van der Waals surface area (Å²) < 4.78 is 14.3. The SMILES string of the molecule is O=c1[nH]c2c(Cl)nccc2n1-c1ccc(F)cc1. The molecule has 6 heteroatoms. The minimum atomic E-state index is -0.355. The Kier molecular flexibility index (Phi) is 2.41. The van der Waals surface area contributed by atoms with Crippen LogP contribution in [0.15, 0.2) is 41.3 Å². The number of rotatable bonds is 1.